The fourth-order valence-corrected chi connectivity index (χ4v) is 2.93. The summed E-state index contributed by atoms with van der Waals surface area (Å²) in [6.07, 6.45) is 4.16. The molecule has 0 saturated heterocycles. The van der Waals surface area contributed by atoms with E-state index in [1.165, 1.54) is 0 Å². The van der Waals surface area contributed by atoms with Crippen LogP contribution in [-0.4, -0.2) is 30.3 Å². The normalized spacial score (nSPS) is 18.6. The highest BCUT2D eigenvalue weighted by atomic mass is 35.5. The molecule has 0 spiro atoms. The molecule has 1 fully saturated rings. The number of hydrogen-bond acceptors (Lipinski definition) is 2. The van der Waals surface area contributed by atoms with Gasteiger partial charge >= 0.3 is 0 Å². The van der Waals surface area contributed by atoms with Crippen LogP contribution in [-0.2, 0) is 0 Å². The van der Waals surface area contributed by atoms with E-state index in [2.05, 4.69) is 4.90 Å². The van der Waals surface area contributed by atoms with Gasteiger partial charge in [-0.15, -0.1) is 0 Å². The second kappa shape index (κ2) is 4.79. The van der Waals surface area contributed by atoms with E-state index in [1.807, 2.05) is 26.2 Å². The predicted molar refractivity (Wildman–Crippen MR) is 70.7 cm³/mol. The van der Waals surface area contributed by atoms with Gasteiger partial charge in [-0.05, 0) is 39.1 Å². The van der Waals surface area contributed by atoms with Crippen LogP contribution < -0.4 is 0 Å². The van der Waals surface area contributed by atoms with Crippen LogP contribution in [0.4, 0.5) is 0 Å². The van der Waals surface area contributed by atoms with E-state index in [0.29, 0.717) is 5.02 Å². The number of hydrogen-bond donors (Lipinski definition) is 0. The Morgan fingerprint density at radius 3 is 2.47 bits per heavy atom. The Morgan fingerprint density at radius 2 is 1.94 bits per heavy atom. The van der Waals surface area contributed by atoms with Crippen LogP contribution >= 0.6 is 11.6 Å². The van der Waals surface area contributed by atoms with Crippen molar-refractivity contribution >= 4 is 17.4 Å². The average molecular weight is 252 g/mol. The Bertz CT molecular complexity index is 422. The molecule has 0 aliphatic heterocycles. The number of carbonyl (C=O) groups excluding carboxylic acids is 1. The number of benzene rings is 1. The number of halogens is 1. The third-order valence-corrected chi connectivity index (χ3v) is 4.03. The van der Waals surface area contributed by atoms with Crippen LogP contribution in [0.15, 0.2) is 24.3 Å². The van der Waals surface area contributed by atoms with E-state index in [-0.39, 0.29) is 11.3 Å². The van der Waals surface area contributed by atoms with Crippen molar-refractivity contribution in [3.05, 3.63) is 34.9 Å². The van der Waals surface area contributed by atoms with E-state index in [0.717, 1.165) is 31.2 Å². The maximum atomic E-state index is 12.7. The van der Waals surface area contributed by atoms with Crippen molar-refractivity contribution < 1.29 is 4.79 Å². The summed E-state index contributed by atoms with van der Waals surface area (Å²) in [4.78, 5) is 14.7. The summed E-state index contributed by atoms with van der Waals surface area (Å²) in [5, 5.41) is 0.628. The highest BCUT2D eigenvalue weighted by Crippen LogP contribution is 2.36. The molecular weight excluding hydrogens is 234 g/mol. The summed E-state index contributed by atoms with van der Waals surface area (Å²) < 4.78 is 0. The van der Waals surface area contributed by atoms with E-state index in [9.17, 15) is 4.79 Å². The molecule has 1 saturated carbocycles. The quantitative estimate of drug-likeness (QED) is 0.768. The van der Waals surface area contributed by atoms with Crippen molar-refractivity contribution in [2.45, 2.75) is 31.2 Å². The van der Waals surface area contributed by atoms with Crippen LogP contribution in [0.25, 0.3) is 0 Å². The van der Waals surface area contributed by atoms with Crippen molar-refractivity contribution in [1.29, 1.82) is 0 Å². The first-order valence-corrected chi connectivity index (χ1v) is 6.42. The molecule has 0 amide bonds. The first kappa shape index (κ1) is 12.6. The molecular formula is C14H18ClNO. The lowest BCUT2D eigenvalue weighted by Crippen LogP contribution is -2.48. The third kappa shape index (κ3) is 2.24. The van der Waals surface area contributed by atoms with Crippen LogP contribution in [0, 0.1) is 0 Å². The van der Waals surface area contributed by atoms with Gasteiger partial charge in [-0.3, -0.25) is 9.69 Å². The maximum Gasteiger partial charge on any atom is 0.183 e. The van der Waals surface area contributed by atoms with Crippen molar-refractivity contribution in [1.82, 2.24) is 4.90 Å². The van der Waals surface area contributed by atoms with E-state index in [1.54, 1.807) is 12.1 Å². The molecule has 0 bridgehead atoms. The molecule has 0 heterocycles. The lowest BCUT2D eigenvalue weighted by Gasteiger charge is -2.34. The van der Waals surface area contributed by atoms with Gasteiger partial charge in [0.05, 0.1) is 5.54 Å². The Hall–Kier alpha value is -0.860. The molecule has 0 aromatic heterocycles. The van der Waals surface area contributed by atoms with Crippen LogP contribution in [0.1, 0.15) is 36.0 Å². The summed E-state index contributed by atoms with van der Waals surface area (Å²) in [5.74, 6) is 0.211. The predicted octanol–water partition coefficient (Wildman–Crippen LogP) is 3.40. The zero-order chi connectivity index (χ0) is 12.5. The maximum absolute atomic E-state index is 12.7. The molecule has 17 heavy (non-hydrogen) atoms. The van der Waals surface area contributed by atoms with Gasteiger partial charge in [0.2, 0.25) is 0 Å². The van der Waals surface area contributed by atoms with E-state index >= 15 is 0 Å². The fraction of sp³-hybridized carbons (Fsp3) is 0.500. The topological polar surface area (TPSA) is 20.3 Å². The lowest BCUT2D eigenvalue weighted by molar-refractivity contribution is 0.0693. The molecule has 0 N–H and O–H groups in total. The first-order valence-electron chi connectivity index (χ1n) is 6.04. The van der Waals surface area contributed by atoms with Crippen LogP contribution in [0.3, 0.4) is 0 Å². The summed E-state index contributed by atoms with van der Waals surface area (Å²) in [5.41, 5.74) is 0.415. The number of nitrogens with zero attached hydrogens (tertiary/aromatic N) is 1. The van der Waals surface area contributed by atoms with Gasteiger partial charge in [0.25, 0.3) is 0 Å². The molecule has 3 heteroatoms. The molecule has 92 valence electrons. The number of likely N-dealkylation sites (N-methyl/N-ethyl adjacent to an activating group) is 1. The largest absolute Gasteiger partial charge is 0.297 e. The van der Waals surface area contributed by atoms with Crippen molar-refractivity contribution in [2.75, 3.05) is 14.1 Å². The van der Waals surface area contributed by atoms with Gasteiger partial charge in [-0.2, -0.15) is 0 Å². The number of rotatable bonds is 3. The molecule has 1 aromatic carbocycles. The zero-order valence-electron chi connectivity index (χ0n) is 10.4. The second-order valence-corrected chi connectivity index (χ2v) is 5.41. The van der Waals surface area contributed by atoms with Gasteiger partial charge in [-0.1, -0.05) is 36.6 Å². The Balaban J connectivity index is 2.35. The molecule has 1 aliphatic rings. The summed E-state index contributed by atoms with van der Waals surface area (Å²) in [6.45, 7) is 0. The Kier molecular flexibility index (Phi) is 3.55. The number of ketones is 1. The van der Waals surface area contributed by atoms with Crippen molar-refractivity contribution in [3.63, 3.8) is 0 Å². The van der Waals surface area contributed by atoms with Gasteiger partial charge in [-0.25, -0.2) is 0 Å². The number of Topliss-reactive ketones (excluding diaryl/α,β-unsaturated/α-hetero) is 1. The molecule has 2 nitrogen and oxygen atoms in total. The summed E-state index contributed by atoms with van der Waals surface area (Å²) in [7, 11) is 3.99. The SMILES string of the molecule is CN(C)C1(C(=O)c2cccc(Cl)c2)CCCC1. The van der Waals surface area contributed by atoms with Gasteiger partial charge in [0.1, 0.15) is 0 Å². The lowest BCUT2D eigenvalue weighted by atomic mass is 9.86. The molecule has 0 radical (unpaired) electrons. The first-order chi connectivity index (χ1) is 8.06. The zero-order valence-corrected chi connectivity index (χ0v) is 11.1. The van der Waals surface area contributed by atoms with E-state index < -0.39 is 0 Å². The smallest absolute Gasteiger partial charge is 0.183 e. The van der Waals surface area contributed by atoms with E-state index in [4.69, 9.17) is 11.6 Å². The molecule has 0 atom stereocenters. The third-order valence-electron chi connectivity index (χ3n) is 3.80. The molecule has 1 aliphatic carbocycles. The van der Waals surface area contributed by atoms with Crippen molar-refractivity contribution in [3.8, 4) is 0 Å². The Labute approximate surface area is 108 Å². The minimum atomic E-state index is -0.315. The standard InChI is InChI=1S/C14H18ClNO/c1-16(2)14(8-3-4-9-14)13(17)11-6-5-7-12(15)10-11/h5-7,10H,3-4,8-9H2,1-2H3. The molecule has 2 rings (SSSR count). The minimum absolute atomic E-state index is 0.211. The van der Waals surface area contributed by atoms with Gasteiger partial charge < -0.3 is 0 Å². The van der Waals surface area contributed by atoms with Crippen molar-refractivity contribution in [2.24, 2.45) is 0 Å². The summed E-state index contributed by atoms with van der Waals surface area (Å²) in [6, 6.07) is 7.27. The molecule has 0 unspecified atom stereocenters. The minimum Gasteiger partial charge on any atom is -0.297 e. The highest BCUT2D eigenvalue weighted by molar-refractivity contribution is 6.31. The second-order valence-electron chi connectivity index (χ2n) is 4.97. The number of carbonyl (C=O) groups is 1. The fourth-order valence-electron chi connectivity index (χ4n) is 2.74. The van der Waals surface area contributed by atoms with Crippen LogP contribution in [0.5, 0.6) is 0 Å². The summed E-state index contributed by atoms with van der Waals surface area (Å²) >= 11 is 5.95. The Morgan fingerprint density at radius 1 is 1.29 bits per heavy atom. The highest BCUT2D eigenvalue weighted by Gasteiger charge is 2.43. The van der Waals surface area contributed by atoms with Gasteiger partial charge in [0.15, 0.2) is 5.78 Å². The van der Waals surface area contributed by atoms with Crippen LogP contribution in [0.2, 0.25) is 5.02 Å². The van der Waals surface area contributed by atoms with Gasteiger partial charge in [0, 0.05) is 10.6 Å². The monoisotopic (exact) mass is 251 g/mol. The average Bonchev–Trinajstić information content (AvgIpc) is 2.78. The molecule has 1 aromatic rings.